The van der Waals surface area contributed by atoms with Gasteiger partial charge in [-0.25, -0.2) is 22.2 Å². The minimum Gasteiger partial charge on any atom is -0.474 e. The first kappa shape index (κ1) is 26.9. The fourth-order valence-electron chi connectivity index (χ4n) is 5.28. The van der Waals surface area contributed by atoms with E-state index in [9.17, 15) is 17.2 Å². The number of sulfonamides is 1. The summed E-state index contributed by atoms with van der Waals surface area (Å²) in [6.07, 6.45) is 5.86. The second-order valence-electron chi connectivity index (χ2n) is 10.4. The van der Waals surface area contributed by atoms with Crippen molar-refractivity contribution >= 4 is 38.2 Å². The third-order valence-electron chi connectivity index (χ3n) is 7.73. The van der Waals surface area contributed by atoms with Gasteiger partial charge in [0.2, 0.25) is 5.88 Å². The van der Waals surface area contributed by atoms with Gasteiger partial charge in [0.1, 0.15) is 11.0 Å². The van der Waals surface area contributed by atoms with Gasteiger partial charge < -0.3 is 9.64 Å². The van der Waals surface area contributed by atoms with Crippen molar-refractivity contribution in [2.45, 2.75) is 56.1 Å². The van der Waals surface area contributed by atoms with Gasteiger partial charge in [0.15, 0.2) is 11.6 Å². The van der Waals surface area contributed by atoms with Crippen LogP contribution < -0.4 is 9.46 Å². The topological polar surface area (TPSA) is 100 Å². The van der Waals surface area contributed by atoms with E-state index in [1.54, 1.807) is 24.3 Å². The molecule has 2 aromatic carbocycles. The molecule has 4 aromatic rings. The van der Waals surface area contributed by atoms with Gasteiger partial charge in [0.05, 0.1) is 21.6 Å². The van der Waals surface area contributed by atoms with Crippen LogP contribution in [-0.2, 0) is 10.0 Å². The van der Waals surface area contributed by atoms with Crippen molar-refractivity contribution in [2.75, 3.05) is 17.8 Å². The maximum atomic E-state index is 13.7. The van der Waals surface area contributed by atoms with E-state index in [-0.39, 0.29) is 11.8 Å². The smallest absolute Gasteiger partial charge is 0.263 e. The number of benzene rings is 2. The maximum Gasteiger partial charge on any atom is 0.263 e. The molecule has 6 rings (SSSR count). The molecular formula is C28H28ClF2N5O3S. The normalized spacial score (nSPS) is 17.2. The van der Waals surface area contributed by atoms with E-state index >= 15 is 0 Å². The lowest BCUT2D eigenvalue weighted by atomic mass is 9.90. The van der Waals surface area contributed by atoms with Crippen LogP contribution in [0.2, 0.25) is 5.02 Å². The molecule has 2 N–H and O–H groups in total. The summed E-state index contributed by atoms with van der Waals surface area (Å²) in [6, 6.07) is 10.3. The van der Waals surface area contributed by atoms with E-state index in [2.05, 4.69) is 19.8 Å². The van der Waals surface area contributed by atoms with Crippen LogP contribution in [0.15, 0.2) is 47.4 Å². The van der Waals surface area contributed by atoms with Gasteiger partial charge >= 0.3 is 0 Å². The zero-order valence-corrected chi connectivity index (χ0v) is 23.3. The molecule has 0 bridgehead atoms. The van der Waals surface area contributed by atoms with E-state index in [4.69, 9.17) is 21.3 Å². The molecule has 0 atom stereocenters. The number of pyridine rings is 1. The fraction of sp³-hybridized carbons (Fsp3) is 0.357. The maximum absolute atomic E-state index is 13.7. The third kappa shape index (κ3) is 5.25. The molecule has 0 spiro atoms. The number of anilines is 1. The highest BCUT2D eigenvalue weighted by Gasteiger charge is 2.30. The Bertz CT molecular complexity index is 1670. The lowest BCUT2D eigenvalue weighted by Crippen LogP contribution is -2.46. The number of hydrogen-bond donors (Lipinski definition) is 2. The number of aryl methyl sites for hydroxylation is 1. The summed E-state index contributed by atoms with van der Waals surface area (Å²) in [7, 11) is -4.26. The molecule has 1 aliphatic heterocycles. The molecule has 0 radical (unpaired) electrons. The van der Waals surface area contributed by atoms with Crippen molar-refractivity contribution in [3.05, 3.63) is 64.8 Å². The predicted octanol–water partition coefficient (Wildman–Crippen LogP) is 6.06. The predicted molar refractivity (Wildman–Crippen MR) is 149 cm³/mol. The van der Waals surface area contributed by atoms with E-state index < -0.39 is 31.6 Å². The first-order chi connectivity index (χ1) is 19.2. The molecular weight excluding hydrogens is 560 g/mol. The first-order valence-electron chi connectivity index (χ1n) is 13.2. The summed E-state index contributed by atoms with van der Waals surface area (Å²) < 4.78 is 61.4. The van der Waals surface area contributed by atoms with Crippen molar-refractivity contribution in [1.29, 1.82) is 0 Å². The van der Waals surface area contributed by atoms with Crippen LogP contribution >= 0.6 is 11.6 Å². The molecule has 1 saturated carbocycles. The van der Waals surface area contributed by atoms with E-state index in [0.29, 0.717) is 23.7 Å². The molecule has 2 aliphatic rings. The molecule has 2 aromatic heterocycles. The second kappa shape index (κ2) is 10.6. The number of aromatic nitrogens is 3. The lowest BCUT2D eigenvalue weighted by Gasteiger charge is -2.41. The average molecular weight is 588 g/mol. The highest BCUT2D eigenvalue weighted by Crippen LogP contribution is 2.34. The third-order valence-corrected chi connectivity index (χ3v) is 9.57. The highest BCUT2D eigenvalue weighted by molar-refractivity contribution is 7.92. The Labute approximate surface area is 235 Å². The number of hydrogen-bond acceptors (Lipinski definition) is 6. The zero-order valence-electron chi connectivity index (χ0n) is 21.8. The quantitative estimate of drug-likeness (QED) is 0.255. The number of nitrogens with zero attached hydrogens (tertiary/aromatic N) is 3. The van der Waals surface area contributed by atoms with Gasteiger partial charge in [-0.3, -0.25) is 9.82 Å². The number of aromatic amines is 1. The molecule has 8 nitrogen and oxygen atoms in total. The number of fused-ring (bicyclic) bond motifs is 1. The summed E-state index contributed by atoms with van der Waals surface area (Å²) in [6.45, 7) is 3.98. The molecule has 210 valence electrons. The van der Waals surface area contributed by atoms with Crippen LogP contribution in [0, 0.1) is 18.6 Å². The van der Waals surface area contributed by atoms with Crippen molar-refractivity contribution in [3.63, 3.8) is 0 Å². The van der Waals surface area contributed by atoms with E-state index in [0.717, 1.165) is 54.1 Å². The number of piperidine rings is 1. The van der Waals surface area contributed by atoms with Crippen molar-refractivity contribution < 1.29 is 21.9 Å². The molecule has 1 saturated heterocycles. The summed E-state index contributed by atoms with van der Waals surface area (Å²) in [5.74, 6) is -2.01. The first-order valence-corrected chi connectivity index (χ1v) is 15.1. The Balaban J connectivity index is 1.22. The van der Waals surface area contributed by atoms with Crippen molar-refractivity contribution in [2.24, 2.45) is 0 Å². The van der Waals surface area contributed by atoms with Crippen LogP contribution in [0.1, 0.15) is 37.8 Å². The van der Waals surface area contributed by atoms with E-state index in [1.807, 2.05) is 13.0 Å². The van der Waals surface area contributed by atoms with Gasteiger partial charge in [-0.2, -0.15) is 5.10 Å². The molecule has 40 heavy (non-hydrogen) atoms. The number of rotatable bonds is 7. The number of likely N-dealkylation sites (tertiary alicyclic amines) is 1. The summed E-state index contributed by atoms with van der Waals surface area (Å²) >= 11 is 5.86. The standard InChI is InChI=1S/C28H28ClF2N5O3S/c1-16-27-25(34-33-16)15-24(32-28(27)39-20-9-11-36(12-10-20)19-3-2-4-19)17-5-7-18(8-6-17)35-40(37,38)26-14-23(31)22(30)13-21(26)29/h5-8,13-15,19-20,35H,2-4,9-12H2,1H3,(H,33,34). The molecule has 0 unspecified atom stereocenters. The van der Waals surface area contributed by atoms with Gasteiger partial charge in [-0.1, -0.05) is 30.2 Å². The number of H-pyrrole nitrogens is 1. The minimum atomic E-state index is -4.26. The largest absolute Gasteiger partial charge is 0.474 e. The SMILES string of the molecule is Cc1[nH]nc2cc(-c3ccc(NS(=O)(=O)c4cc(F)c(F)cc4Cl)cc3)nc(OC3CCN(C4CCC4)CC3)c12. The van der Waals surface area contributed by atoms with Crippen molar-refractivity contribution in [1.82, 2.24) is 20.1 Å². The molecule has 2 fully saturated rings. The Morgan fingerprint density at radius 3 is 2.42 bits per heavy atom. The van der Waals surface area contributed by atoms with Gasteiger partial charge in [0, 0.05) is 36.1 Å². The Kier molecular flexibility index (Phi) is 7.14. The average Bonchev–Trinajstić information content (AvgIpc) is 3.27. The zero-order chi connectivity index (χ0) is 28.0. The van der Waals surface area contributed by atoms with Crippen LogP contribution in [-0.4, -0.2) is 53.7 Å². The van der Waals surface area contributed by atoms with E-state index in [1.165, 1.54) is 19.3 Å². The van der Waals surface area contributed by atoms with Crippen LogP contribution in [0.4, 0.5) is 14.5 Å². The second-order valence-corrected chi connectivity index (χ2v) is 12.4. The number of ether oxygens (including phenoxy) is 1. The highest BCUT2D eigenvalue weighted by atomic mass is 35.5. The van der Waals surface area contributed by atoms with Crippen LogP contribution in [0.25, 0.3) is 22.2 Å². The van der Waals surface area contributed by atoms with Gasteiger partial charge in [-0.15, -0.1) is 0 Å². The van der Waals surface area contributed by atoms with Crippen LogP contribution in [0.3, 0.4) is 0 Å². The monoisotopic (exact) mass is 587 g/mol. The van der Waals surface area contributed by atoms with Crippen LogP contribution in [0.5, 0.6) is 5.88 Å². The lowest BCUT2D eigenvalue weighted by molar-refractivity contribution is 0.0482. The Morgan fingerprint density at radius 2 is 1.75 bits per heavy atom. The number of halogens is 3. The summed E-state index contributed by atoms with van der Waals surface area (Å²) in [5.41, 5.74) is 3.16. The molecule has 0 amide bonds. The van der Waals surface area contributed by atoms with Gasteiger partial charge in [0.25, 0.3) is 10.0 Å². The summed E-state index contributed by atoms with van der Waals surface area (Å²) in [5, 5.41) is 7.86. The molecule has 3 heterocycles. The Hall–Kier alpha value is -3.28. The van der Waals surface area contributed by atoms with Gasteiger partial charge in [-0.05, 0) is 62.9 Å². The Morgan fingerprint density at radius 1 is 1.05 bits per heavy atom. The number of nitrogens with one attached hydrogen (secondary N) is 2. The summed E-state index contributed by atoms with van der Waals surface area (Å²) in [4.78, 5) is 6.85. The minimum absolute atomic E-state index is 0.0662. The molecule has 12 heteroatoms. The van der Waals surface area contributed by atoms with Crippen molar-refractivity contribution in [3.8, 4) is 17.1 Å². The molecule has 1 aliphatic carbocycles. The fourth-order valence-corrected chi connectivity index (χ4v) is 6.87.